The molecule has 0 fully saturated rings. The maximum Gasteiger partial charge on any atom is 0.338 e. The quantitative estimate of drug-likeness (QED) is 0.848. The Morgan fingerprint density at radius 3 is 2.50 bits per heavy atom. The number of benzene rings is 2. The monoisotopic (exact) mass is 323 g/mol. The van der Waals surface area contributed by atoms with Gasteiger partial charge in [-0.05, 0) is 42.5 Å². The molecule has 0 radical (unpaired) electrons. The van der Waals surface area contributed by atoms with Gasteiger partial charge in [-0.1, -0.05) is 11.6 Å². The van der Waals surface area contributed by atoms with Crippen LogP contribution in [-0.2, 0) is 9.53 Å². The molecule has 0 spiro atoms. The van der Waals surface area contributed by atoms with Crippen LogP contribution in [0.5, 0.6) is 5.75 Å². The summed E-state index contributed by atoms with van der Waals surface area (Å²) in [6.45, 7) is -0.568. The molecular weight excluding hydrogens is 313 g/mol. The Hall–Kier alpha value is -2.60. The van der Waals surface area contributed by atoms with Crippen molar-refractivity contribution in [3.8, 4) is 5.75 Å². The molecule has 0 saturated heterocycles. The lowest BCUT2D eigenvalue weighted by molar-refractivity contribution is -0.119. The predicted octanol–water partition coefficient (Wildman–Crippen LogP) is 2.98. The minimum atomic E-state index is -0.730. The SMILES string of the molecule is O=C(COC(=O)c1ccc(O)cc1)Nc1ccc(Cl)cc1F. The topological polar surface area (TPSA) is 75.6 Å². The maximum atomic E-state index is 13.5. The van der Waals surface area contributed by atoms with E-state index in [1.165, 1.54) is 36.4 Å². The Labute approximate surface area is 130 Å². The number of phenolic OH excluding ortho intramolecular Hbond substituents is 1. The second-order valence-corrected chi connectivity index (χ2v) is 4.73. The standard InChI is InChI=1S/C15H11ClFNO4/c16-10-3-6-13(12(17)7-10)18-14(20)8-22-15(21)9-1-4-11(19)5-2-9/h1-7,19H,8H2,(H,18,20). The van der Waals surface area contributed by atoms with Crippen molar-refractivity contribution in [3.05, 3.63) is 58.9 Å². The van der Waals surface area contributed by atoms with Crippen molar-refractivity contribution >= 4 is 29.2 Å². The van der Waals surface area contributed by atoms with Gasteiger partial charge in [0.1, 0.15) is 11.6 Å². The minimum Gasteiger partial charge on any atom is -0.508 e. The molecule has 0 atom stereocenters. The number of rotatable bonds is 4. The molecule has 2 aromatic rings. The number of hydrogen-bond acceptors (Lipinski definition) is 4. The number of esters is 1. The highest BCUT2D eigenvalue weighted by Gasteiger charge is 2.12. The van der Waals surface area contributed by atoms with Crippen LogP contribution in [0.2, 0.25) is 5.02 Å². The Morgan fingerprint density at radius 1 is 1.18 bits per heavy atom. The first-order valence-corrected chi connectivity index (χ1v) is 6.54. The molecule has 0 aliphatic rings. The molecule has 0 aliphatic heterocycles. The molecule has 2 rings (SSSR count). The largest absolute Gasteiger partial charge is 0.508 e. The molecule has 0 aliphatic carbocycles. The van der Waals surface area contributed by atoms with Crippen LogP contribution < -0.4 is 5.32 Å². The number of halogens is 2. The number of phenols is 1. The lowest BCUT2D eigenvalue weighted by Crippen LogP contribution is -2.21. The number of carbonyl (C=O) groups is 2. The van der Waals surface area contributed by atoms with Gasteiger partial charge in [-0.2, -0.15) is 0 Å². The fraction of sp³-hybridized carbons (Fsp3) is 0.0667. The van der Waals surface area contributed by atoms with E-state index in [-0.39, 0.29) is 22.0 Å². The molecule has 2 aromatic carbocycles. The third-order valence-electron chi connectivity index (χ3n) is 2.64. The van der Waals surface area contributed by atoms with Crippen molar-refractivity contribution in [2.45, 2.75) is 0 Å². The van der Waals surface area contributed by atoms with E-state index < -0.39 is 24.3 Å². The fourth-order valence-electron chi connectivity index (χ4n) is 1.59. The molecule has 0 unspecified atom stereocenters. The molecule has 7 heteroatoms. The number of nitrogens with one attached hydrogen (secondary N) is 1. The molecule has 2 N–H and O–H groups in total. The fourth-order valence-corrected chi connectivity index (χ4v) is 1.75. The number of anilines is 1. The lowest BCUT2D eigenvalue weighted by Gasteiger charge is -2.07. The van der Waals surface area contributed by atoms with E-state index in [1.54, 1.807) is 0 Å². The van der Waals surface area contributed by atoms with Crippen molar-refractivity contribution < 1.29 is 23.8 Å². The first kappa shape index (κ1) is 15.8. The number of amides is 1. The Balaban J connectivity index is 1.89. The van der Waals surface area contributed by atoms with Crippen molar-refractivity contribution in [3.63, 3.8) is 0 Å². The molecule has 0 heterocycles. The van der Waals surface area contributed by atoms with Crippen LogP contribution in [0.15, 0.2) is 42.5 Å². The summed E-state index contributed by atoms with van der Waals surface area (Å²) in [5, 5.41) is 11.6. The van der Waals surface area contributed by atoms with Crippen LogP contribution in [-0.4, -0.2) is 23.6 Å². The lowest BCUT2D eigenvalue weighted by atomic mass is 10.2. The summed E-state index contributed by atoms with van der Waals surface area (Å²) in [5.74, 6) is -2.10. The molecule has 114 valence electrons. The zero-order chi connectivity index (χ0) is 16.1. The van der Waals surface area contributed by atoms with Crippen molar-refractivity contribution in [1.82, 2.24) is 0 Å². The molecule has 0 saturated carbocycles. The normalized spacial score (nSPS) is 10.1. The Morgan fingerprint density at radius 2 is 1.86 bits per heavy atom. The molecule has 0 aromatic heterocycles. The Bertz CT molecular complexity index is 703. The molecule has 22 heavy (non-hydrogen) atoms. The van der Waals surface area contributed by atoms with Crippen LogP contribution in [0.25, 0.3) is 0 Å². The smallest absolute Gasteiger partial charge is 0.338 e. The summed E-state index contributed by atoms with van der Waals surface area (Å²) in [6, 6.07) is 9.13. The van der Waals surface area contributed by atoms with E-state index in [1.807, 2.05) is 0 Å². The van der Waals surface area contributed by atoms with E-state index in [4.69, 9.17) is 21.4 Å². The van der Waals surface area contributed by atoms with Crippen LogP contribution in [0.1, 0.15) is 10.4 Å². The maximum absolute atomic E-state index is 13.5. The van der Waals surface area contributed by atoms with Gasteiger partial charge in [-0.3, -0.25) is 4.79 Å². The summed E-state index contributed by atoms with van der Waals surface area (Å²) in [7, 11) is 0. The summed E-state index contributed by atoms with van der Waals surface area (Å²) in [5.41, 5.74) is 0.123. The van der Waals surface area contributed by atoms with E-state index in [9.17, 15) is 14.0 Å². The summed E-state index contributed by atoms with van der Waals surface area (Å²) in [4.78, 5) is 23.3. The van der Waals surface area contributed by atoms with Crippen LogP contribution >= 0.6 is 11.6 Å². The average molecular weight is 324 g/mol. The second-order valence-electron chi connectivity index (χ2n) is 4.30. The highest BCUT2D eigenvalue weighted by atomic mass is 35.5. The summed E-state index contributed by atoms with van der Waals surface area (Å²) in [6.07, 6.45) is 0. The third-order valence-corrected chi connectivity index (χ3v) is 2.88. The minimum absolute atomic E-state index is 0.00695. The van der Waals surface area contributed by atoms with Crippen molar-refractivity contribution in [2.24, 2.45) is 0 Å². The van der Waals surface area contributed by atoms with E-state index in [0.29, 0.717) is 0 Å². The zero-order valence-electron chi connectivity index (χ0n) is 11.2. The van der Waals surface area contributed by atoms with Gasteiger partial charge in [0.25, 0.3) is 5.91 Å². The van der Waals surface area contributed by atoms with Gasteiger partial charge < -0.3 is 15.2 Å². The second kappa shape index (κ2) is 6.91. The van der Waals surface area contributed by atoms with Gasteiger partial charge >= 0.3 is 5.97 Å². The number of carbonyl (C=O) groups excluding carboxylic acids is 2. The number of ether oxygens (including phenoxy) is 1. The highest BCUT2D eigenvalue weighted by molar-refractivity contribution is 6.30. The van der Waals surface area contributed by atoms with Crippen LogP contribution in [0.3, 0.4) is 0 Å². The highest BCUT2D eigenvalue weighted by Crippen LogP contribution is 2.18. The third kappa shape index (κ3) is 4.20. The summed E-state index contributed by atoms with van der Waals surface area (Å²) < 4.78 is 18.3. The van der Waals surface area contributed by atoms with E-state index in [2.05, 4.69) is 5.32 Å². The van der Waals surface area contributed by atoms with Crippen LogP contribution in [0.4, 0.5) is 10.1 Å². The van der Waals surface area contributed by atoms with Gasteiger partial charge in [-0.25, -0.2) is 9.18 Å². The number of hydrogen-bond donors (Lipinski definition) is 2. The van der Waals surface area contributed by atoms with Crippen molar-refractivity contribution in [1.29, 1.82) is 0 Å². The van der Waals surface area contributed by atoms with E-state index in [0.717, 1.165) is 6.07 Å². The molecule has 5 nitrogen and oxygen atoms in total. The van der Waals surface area contributed by atoms with Crippen molar-refractivity contribution in [2.75, 3.05) is 11.9 Å². The molecule has 1 amide bonds. The van der Waals surface area contributed by atoms with Gasteiger partial charge in [0.15, 0.2) is 6.61 Å². The van der Waals surface area contributed by atoms with Gasteiger partial charge in [0.2, 0.25) is 0 Å². The zero-order valence-corrected chi connectivity index (χ0v) is 11.9. The predicted molar refractivity (Wildman–Crippen MR) is 78.4 cm³/mol. The Kier molecular flexibility index (Phi) is 4.95. The number of aromatic hydroxyl groups is 1. The summed E-state index contributed by atoms with van der Waals surface area (Å²) >= 11 is 5.60. The molecular formula is C15H11ClFNO4. The van der Waals surface area contributed by atoms with Crippen LogP contribution in [0, 0.1) is 5.82 Å². The van der Waals surface area contributed by atoms with Gasteiger partial charge in [0.05, 0.1) is 11.3 Å². The van der Waals surface area contributed by atoms with E-state index >= 15 is 0 Å². The first-order chi connectivity index (χ1) is 10.5. The van der Waals surface area contributed by atoms with Gasteiger partial charge in [-0.15, -0.1) is 0 Å². The molecule has 0 bridgehead atoms. The first-order valence-electron chi connectivity index (χ1n) is 6.17. The van der Waals surface area contributed by atoms with Gasteiger partial charge in [0, 0.05) is 5.02 Å². The average Bonchev–Trinajstić information content (AvgIpc) is 2.48.